The molecule has 169 valence electrons. The van der Waals surface area contributed by atoms with Gasteiger partial charge in [0.25, 0.3) is 0 Å². The van der Waals surface area contributed by atoms with Gasteiger partial charge in [-0.1, -0.05) is 13.0 Å². The van der Waals surface area contributed by atoms with Gasteiger partial charge in [0.1, 0.15) is 6.54 Å². The van der Waals surface area contributed by atoms with E-state index in [0.717, 1.165) is 47.9 Å². The van der Waals surface area contributed by atoms with Crippen molar-refractivity contribution >= 4 is 22.7 Å². The largest absolute Gasteiger partial charge is 0.515 e. The monoisotopic (exact) mass is 667 g/mol. The molecule has 4 rings (SSSR count). The average molecular weight is 667 g/mol. The fraction of sp³-hybridized carbons (Fsp3) is 0.368. The van der Waals surface area contributed by atoms with Crippen LogP contribution in [-0.2, 0) is 11.8 Å². The molecule has 0 amide bonds. The molecule has 1 fully saturated rings. The molecule has 11 heteroatoms. The van der Waals surface area contributed by atoms with Gasteiger partial charge in [-0.3, -0.25) is 0 Å². The van der Waals surface area contributed by atoms with Crippen LogP contribution >= 0.6 is 0 Å². The second-order valence-corrected chi connectivity index (χ2v) is 6.84. The Balaban J connectivity index is 0.00000256. The summed E-state index contributed by atoms with van der Waals surface area (Å²) in [7, 11) is 1.88. The molecule has 0 spiro atoms. The Bertz CT molecular complexity index is 1000. The number of aryl methyl sites for hydroxylation is 1. The van der Waals surface area contributed by atoms with Crippen molar-refractivity contribution in [3.8, 4) is 11.4 Å². The van der Waals surface area contributed by atoms with E-state index in [2.05, 4.69) is 25.6 Å². The van der Waals surface area contributed by atoms with Crippen LogP contribution in [0.5, 0.6) is 0 Å². The fourth-order valence-corrected chi connectivity index (χ4v) is 3.25. The van der Waals surface area contributed by atoms with Crippen LogP contribution in [0.3, 0.4) is 0 Å². The number of nitrogens with zero attached hydrogens (tertiary/aromatic N) is 4. The molecule has 0 unspecified atom stereocenters. The van der Waals surface area contributed by atoms with E-state index < -0.39 is 12.7 Å². The predicted octanol–water partition coefficient (Wildman–Crippen LogP) is 3.76. The summed E-state index contributed by atoms with van der Waals surface area (Å²) >= 11 is 0. The van der Waals surface area contributed by atoms with Crippen molar-refractivity contribution in [2.75, 3.05) is 30.4 Å². The minimum atomic E-state index is -4.34. The van der Waals surface area contributed by atoms with E-state index in [4.69, 9.17) is 4.74 Å². The van der Waals surface area contributed by atoms with E-state index in [1.54, 1.807) is 12.3 Å². The SMILES string of the molecule is Cn1c(-c2ccnc(NCC(F)(F)F)n2)cc2cnc(N[C-]3CCCOC3)cc21.[Lr]. The molecule has 7 nitrogen and oxygen atoms in total. The Hall–Kier alpha value is -3.88. The number of nitrogens with one attached hydrogen (secondary N) is 2. The Kier molecular flexibility index (Phi) is 5.72. The molecule has 0 saturated carbocycles. The summed E-state index contributed by atoms with van der Waals surface area (Å²) in [5.41, 5.74) is 2.20. The van der Waals surface area contributed by atoms with Gasteiger partial charge in [-0.15, -0.1) is 0 Å². The molecular formula is C19H20F3LrN6O-. The third kappa shape index (κ3) is 4.57. The quantitative estimate of drug-likeness (QED) is 0.404. The molecule has 1 aliphatic rings. The van der Waals surface area contributed by atoms with Crippen LogP contribution in [0, 0.1) is 6.04 Å². The van der Waals surface area contributed by atoms with Crippen molar-refractivity contribution in [3.63, 3.8) is 0 Å². The van der Waals surface area contributed by atoms with Crippen molar-refractivity contribution in [2.24, 2.45) is 7.05 Å². The Morgan fingerprint density at radius 2 is 2.10 bits per heavy atom. The van der Waals surface area contributed by atoms with E-state index in [9.17, 15) is 13.2 Å². The summed E-state index contributed by atoms with van der Waals surface area (Å²) < 4.78 is 44.7. The fourth-order valence-electron chi connectivity index (χ4n) is 3.25. The normalized spacial score (nSPS) is 15.1. The third-order valence-corrected chi connectivity index (χ3v) is 4.64. The summed E-state index contributed by atoms with van der Waals surface area (Å²) in [6, 6.07) is 6.59. The number of hydrogen-bond acceptors (Lipinski definition) is 6. The maximum atomic E-state index is 12.4. The predicted molar refractivity (Wildman–Crippen MR) is 103 cm³/mol. The van der Waals surface area contributed by atoms with Crippen LogP contribution in [0.1, 0.15) is 12.8 Å². The van der Waals surface area contributed by atoms with Crippen LogP contribution in [0.15, 0.2) is 30.6 Å². The number of alkyl halides is 3. The van der Waals surface area contributed by atoms with E-state index in [1.165, 1.54) is 6.20 Å². The first kappa shape index (κ1) is 20.8. The second kappa shape index (κ2) is 8.24. The molecule has 1 radical (unpaired) electrons. The van der Waals surface area contributed by atoms with Gasteiger partial charge in [0.15, 0.2) is 0 Å². The molecule has 0 aromatic carbocycles. The van der Waals surface area contributed by atoms with E-state index in [0.29, 0.717) is 12.3 Å². The summed E-state index contributed by atoms with van der Waals surface area (Å²) in [4.78, 5) is 12.5. The molecule has 4 heterocycles. The number of anilines is 2. The molecule has 30 heavy (non-hydrogen) atoms. The molecular weight excluding hydrogens is 647 g/mol. The number of rotatable bonds is 5. The van der Waals surface area contributed by atoms with Gasteiger partial charge >= 0.3 is 6.18 Å². The first-order chi connectivity index (χ1) is 13.9. The molecule has 0 bridgehead atoms. The standard InChI is InChI=1S/C19H20F3N6O.Lr/c1-28-15-8-17(26-13-3-2-6-29-10-13)24-9-12(15)7-16(28)14-4-5-23-18(27-14)25-11-19(20,21)22;/h4-5,7-9H,2-3,6,10-11H2,1H3,(H,24,26)(H,23,25,27);/q-1;. The minimum Gasteiger partial charge on any atom is -0.515 e. The molecule has 3 aromatic rings. The number of aromatic nitrogens is 4. The maximum absolute atomic E-state index is 12.4. The van der Waals surface area contributed by atoms with Crippen LogP contribution in [-0.4, -0.2) is 45.5 Å². The number of halogens is 3. The van der Waals surface area contributed by atoms with E-state index >= 15 is 0 Å². The second-order valence-electron chi connectivity index (χ2n) is 6.84. The first-order valence-electron chi connectivity index (χ1n) is 9.18. The van der Waals surface area contributed by atoms with Gasteiger partial charge in [0.2, 0.25) is 5.95 Å². The zero-order valence-corrected chi connectivity index (χ0v) is 18.2. The van der Waals surface area contributed by atoms with Crippen molar-refractivity contribution in [2.45, 2.75) is 19.0 Å². The zero-order valence-electron chi connectivity index (χ0n) is 16.0. The smallest absolute Gasteiger partial charge is 0.405 e. The van der Waals surface area contributed by atoms with Gasteiger partial charge in [-0.05, 0) is 12.1 Å². The Morgan fingerprint density at radius 1 is 1.27 bits per heavy atom. The van der Waals surface area contributed by atoms with Gasteiger partial charge in [0, 0.05) is 37.5 Å². The van der Waals surface area contributed by atoms with Crippen LogP contribution in [0.2, 0.25) is 0 Å². The van der Waals surface area contributed by atoms with Crippen LogP contribution in [0.4, 0.5) is 24.9 Å². The molecule has 1 saturated heterocycles. The summed E-state index contributed by atoms with van der Waals surface area (Å²) in [5, 5.41) is 6.43. The molecule has 3 aromatic heterocycles. The maximum Gasteiger partial charge on any atom is 0.405 e. The third-order valence-electron chi connectivity index (χ3n) is 4.64. The zero-order chi connectivity index (χ0) is 20.4. The van der Waals surface area contributed by atoms with Crippen molar-refractivity contribution in [1.29, 1.82) is 0 Å². The van der Waals surface area contributed by atoms with Crippen molar-refractivity contribution in [1.82, 2.24) is 19.5 Å². The average Bonchev–Trinajstić information content (AvgIpc) is 3.03. The molecule has 1 aliphatic heterocycles. The molecule has 0 aliphatic carbocycles. The molecule has 2 N–H and O–H groups in total. The number of ether oxygens (including phenoxy) is 1. The number of hydrogen-bond donors (Lipinski definition) is 2. The van der Waals surface area contributed by atoms with Gasteiger partial charge < -0.3 is 19.9 Å². The van der Waals surface area contributed by atoms with Gasteiger partial charge in [-0.25, -0.2) is 21.0 Å². The Morgan fingerprint density at radius 3 is 2.83 bits per heavy atom. The van der Waals surface area contributed by atoms with Crippen LogP contribution in [0.25, 0.3) is 22.3 Å². The molecule has 0 atom stereocenters. The topological polar surface area (TPSA) is 76.9 Å². The van der Waals surface area contributed by atoms with E-state index in [1.807, 2.05) is 23.7 Å². The van der Waals surface area contributed by atoms with Crippen molar-refractivity contribution < 1.29 is 17.9 Å². The summed E-state index contributed by atoms with van der Waals surface area (Å²) in [6.45, 7) is 0.164. The minimum absolute atomic E-state index is 0. The first-order valence-corrected chi connectivity index (χ1v) is 9.18. The number of fused-ring (bicyclic) bond motifs is 1. The van der Waals surface area contributed by atoms with Gasteiger partial charge in [-0.2, -0.15) is 19.6 Å². The van der Waals surface area contributed by atoms with E-state index in [-0.39, 0.29) is 5.95 Å². The summed E-state index contributed by atoms with van der Waals surface area (Å²) in [5.74, 6) is 0.653. The van der Waals surface area contributed by atoms with Crippen LogP contribution < -0.4 is 10.6 Å². The number of pyridine rings is 1. The van der Waals surface area contributed by atoms with Gasteiger partial charge in [0.05, 0.1) is 22.7 Å². The Labute approximate surface area is 165 Å². The summed E-state index contributed by atoms with van der Waals surface area (Å²) in [6.07, 6.45) is 0.790. The van der Waals surface area contributed by atoms with Crippen molar-refractivity contribution in [3.05, 3.63) is 36.6 Å².